The lowest BCUT2D eigenvalue weighted by atomic mass is 9.88. The van der Waals surface area contributed by atoms with Crippen LogP contribution >= 0.6 is 0 Å². The Bertz CT molecular complexity index is 2530. The number of fused-ring (bicyclic) bond motifs is 1. The molecule has 0 unspecified atom stereocenters. The number of nitrogens with one attached hydrogen (secondary N) is 3. The number of benzene rings is 3. The van der Waals surface area contributed by atoms with E-state index in [9.17, 15) is 23.3 Å². The molecule has 1 amide bonds. The highest BCUT2D eigenvalue weighted by atomic mass is 32.2. The van der Waals surface area contributed by atoms with Gasteiger partial charge < -0.3 is 19.8 Å². The number of carbonyl (C=O) groups excluding carboxylic acids is 1. The molecule has 0 bridgehead atoms. The van der Waals surface area contributed by atoms with E-state index in [2.05, 4.69) is 55.2 Å². The molecule has 306 valence electrons. The van der Waals surface area contributed by atoms with Crippen molar-refractivity contribution in [3.8, 4) is 11.5 Å². The zero-order valence-corrected chi connectivity index (χ0v) is 33.6. The molecule has 0 radical (unpaired) electrons. The van der Waals surface area contributed by atoms with Crippen molar-refractivity contribution in [1.82, 2.24) is 19.6 Å². The first-order chi connectivity index (χ1) is 28.7. The number of hydrogen-bond acceptors (Lipinski definition) is 10. The van der Waals surface area contributed by atoms with Gasteiger partial charge in [0.2, 0.25) is 0 Å². The molecule has 2 saturated heterocycles. The molecule has 2 aromatic heterocycles. The van der Waals surface area contributed by atoms with Crippen molar-refractivity contribution in [3.63, 3.8) is 0 Å². The van der Waals surface area contributed by atoms with E-state index in [0.717, 1.165) is 61.2 Å². The number of aromatic nitrogens is 2. The summed E-state index contributed by atoms with van der Waals surface area (Å²) in [5.74, 6) is 0.579. The maximum Gasteiger partial charge on any atom is 0.293 e. The molecule has 13 nitrogen and oxygen atoms in total. The SMILES string of the molecule is O=C(NS(=O)(=O)c1ccc(NCC2CCOCC2)c([N+](=O)[O-])c1)c1ccc(C2=CC[C@H](N3CCC[C@@H]3c3ccccc3C3CC3)CC2)cc1Oc1cnc2[nH]ccc2c1. The summed E-state index contributed by atoms with van der Waals surface area (Å²) in [6, 6.07) is 22.3. The number of allylic oxidation sites excluding steroid dienone is 1. The zero-order valence-electron chi connectivity index (χ0n) is 32.8. The molecular weight excluding hydrogens is 769 g/mol. The number of pyridine rings is 1. The van der Waals surface area contributed by atoms with E-state index in [1.165, 1.54) is 48.9 Å². The zero-order chi connectivity index (χ0) is 40.5. The Hall–Kier alpha value is -5.57. The summed E-state index contributed by atoms with van der Waals surface area (Å²) in [6.45, 7) is 2.85. The van der Waals surface area contributed by atoms with Gasteiger partial charge in [0.1, 0.15) is 22.8 Å². The summed E-state index contributed by atoms with van der Waals surface area (Å²) < 4.78 is 41.2. The molecule has 0 spiro atoms. The van der Waals surface area contributed by atoms with Crippen LogP contribution in [0.5, 0.6) is 11.5 Å². The molecule has 3 N–H and O–H groups in total. The lowest BCUT2D eigenvalue weighted by Crippen LogP contribution is -2.36. The standard InChI is InChI=1S/C45H48N6O7S/c52-45(49-59(55,56)36-14-16-40(42(26-36)51(53)54)47-27-29-18-22-57-23-19-29)39-15-11-32(25-43(39)58-35-24-33-17-20-46-44(33)48-28-35)30-9-12-34(13-10-30)50-21-3-6-41(50)38-5-2-1-4-37(38)31-7-8-31/h1-2,4-5,9,11,14-17,20,24-26,28-29,31,34,41,47H,3,6-8,10,12-13,18-19,21-23,27H2,(H,46,48)(H,49,52)/t34-,41+/m0/s1. The van der Waals surface area contributed by atoms with E-state index in [1.54, 1.807) is 30.6 Å². The van der Waals surface area contributed by atoms with Crippen LogP contribution in [0.3, 0.4) is 0 Å². The average molecular weight is 817 g/mol. The molecule has 3 aromatic carbocycles. The van der Waals surface area contributed by atoms with Crippen molar-refractivity contribution in [1.29, 1.82) is 0 Å². The summed E-state index contributed by atoms with van der Waals surface area (Å²) in [7, 11) is -4.54. The minimum Gasteiger partial charge on any atom is -0.455 e. The van der Waals surface area contributed by atoms with Crippen LogP contribution in [-0.2, 0) is 14.8 Å². The highest BCUT2D eigenvalue weighted by Gasteiger charge is 2.36. The fourth-order valence-corrected chi connectivity index (χ4v) is 10.0. The summed E-state index contributed by atoms with van der Waals surface area (Å²) in [4.78, 5) is 35.1. The first-order valence-electron chi connectivity index (χ1n) is 20.7. The van der Waals surface area contributed by atoms with Crippen molar-refractivity contribution in [2.75, 3.05) is 31.6 Å². The molecule has 4 aliphatic rings. The van der Waals surface area contributed by atoms with Gasteiger partial charge >= 0.3 is 0 Å². The van der Waals surface area contributed by atoms with Gasteiger partial charge in [-0.15, -0.1) is 0 Å². The number of nitro groups is 1. The Labute approximate surface area is 343 Å². The third-order valence-electron chi connectivity index (χ3n) is 12.3. The number of hydrogen-bond donors (Lipinski definition) is 3. The second kappa shape index (κ2) is 16.6. The predicted molar refractivity (Wildman–Crippen MR) is 225 cm³/mol. The molecule has 9 rings (SSSR count). The minimum absolute atomic E-state index is 0.0146. The highest BCUT2D eigenvalue weighted by molar-refractivity contribution is 7.90. The van der Waals surface area contributed by atoms with Gasteiger partial charge in [-0.3, -0.25) is 19.8 Å². The smallest absolute Gasteiger partial charge is 0.293 e. The number of carbonyl (C=O) groups is 1. The van der Waals surface area contributed by atoms with E-state index < -0.39 is 31.4 Å². The van der Waals surface area contributed by atoms with E-state index >= 15 is 0 Å². The summed E-state index contributed by atoms with van der Waals surface area (Å²) in [5, 5.41) is 16.0. The number of sulfonamides is 1. The second-order valence-corrected chi connectivity index (χ2v) is 17.8. The lowest BCUT2D eigenvalue weighted by Gasteiger charge is -2.36. The fourth-order valence-electron chi connectivity index (χ4n) is 9.04. The molecule has 3 fully saturated rings. The van der Waals surface area contributed by atoms with Gasteiger partial charge in [-0.1, -0.05) is 36.4 Å². The lowest BCUT2D eigenvalue weighted by molar-refractivity contribution is -0.384. The van der Waals surface area contributed by atoms with E-state index in [-0.39, 0.29) is 22.9 Å². The van der Waals surface area contributed by atoms with Crippen LogP contribution in [0.2, 0.25) is 0 Å². The van der Waals surface area contributed by atoms with Crippen LogP contribution in [0.15, 0.2) is 96.2 Å². The van der Waals surface area contributed by atoms with Crippen LogP contribution in [0.4, 0.5) is 11.4 Å². The van der Waals surface area contributed by atoms with E-state index in [0.29, 0.717) is 49.2 Å². The molecule has 2 atom stereocenters. The Morgan fingerprint density at radius 2 is 1.81 bits per heavy atom. The maximum atomic E-state index is 13.9. The summed E-state index contributed by atoms with van der Waals surface area (Å²) in [6.07, 6.45) is 14.9. The van der Waals surface area contributed by atoms with Gasteiger partial charge in [-0.05, 0) is 135 Å². The molecule has 14 heteroatoms. The van der Waals surface area contributed by atoms with Crippen LogP contribution in [0.1, 0.15) is 96.8 Å². The number of aromatic amines is 1. The quantitative estimate of drug-likeness (QED) is 0.0771. The van der Waals surface area contributed by atoms with Crippen molar-refractivity contribution < 1.29 is 27.6 Å². The largest absolute Gasteiger partial charge is 0.455 e. The Morgan fingerprint density at radius 3 is 2.59 bits per heavy atom. The molecule has 5 aromatic rings. The van der Waals surface area contributed by atoms with Gasteiger partial charge in [0.25, 0.3) is 21.6 Å². The maximum absolute atomic E-state index is 13.9. The monoisotopic (exact) mass is 816 g/mol. The van der Waals surface area contributed by atoms with Crippen molar-refractivity contribution in [2.24, 2.45) is 5.92 Å². The first kappa shape index (κ1) is 38.9. The van der Waals surface area contributed by atoms with Gasteiger partial charge in [0, 0.05) is 49.5 Å². The minimum atomic E-state index is -4.54. The third kappa shape index (κ3) is 8.48. The van der Waals surface area contributed by atoms with E-state index in [4.69, 9.17) is 9.47 Å². The van der Waals surface area contributed by atoms with Crippen molar-refractivity contribution >= 4 is 43.9 Å². The second-order valence-electron chi connectivity index (χ2n) is 16.2. The number of amides is 1. The fraction of sp³-hybridized carbons (Fsp3) is 0.378. The number of nitrogens with zero attached hydrogens (tertiary/aromatic N) is 3. The topological polar surface area (TPSA) is 169 Å². The number of likely N-dealkylation sites (tertiary alicyclic amines) is 1. The Morgan fingerprint density at radius 1 is 0.983 bits per heavy atom. The predicted octanol–water partition coefficient (Wildman–Crippen LogP) is 8.87. The van der Waals surface area contributed by atoms with Crippen LogP contribution in [0, 0.1) is 16.0 Å². The average Bonchev–Trinajstić information content (AvgIpc) is 3.79. The number of rotatable bonds is 13. The van der Waals surface area contributed by atoms with E-state index in [1.807, 2.05) is 12.1 Å². The van der Waals surface area contributed by atoms with Crippen LogP contribution in [0.25, 0.3) is 16.6 Å². The number of nitro benzene ring substituents is 1. The summed E-state index contributed by atoms with van der Waals surface area (Å²) in [5.41, 5.74) is 5.50. The van der Waals surface area contributed by atoms with Crippen LogP contribution in [-0.4, -0.2) is 66.5 Å². The Balaban J connectivity index is 0.954. The molecule has 4 heterocycles. The Kier molecular flexibility index (Phi) is 10.9. The number of anilines is 1. The van der Waals surface area contributed by atoms with Crippen LogP contribution < -0.4 is 14.8 Å². The first-order valence-corrected chi connectivity index (χ1v) is 22.1. The van der Waals surface area contributed by atoms with Gasteiger partial charge in [0.15, 0.2) is 0 Å². The van der Waals surface area contributed by atoms with Gasteiger partial charge in [0.05, 0.1) is 21.6 Å². The molecular formula is C45H48N6O7S. The number of ether oxygens (including phenoxy) is 2. The molecule has 2 aliphatic carbocycles. The highest BCUT2D eigenvalue weighted by Crippen LogP contribution is 2.47. The van der Waals surface area contributed by atoms with Crippen molar-refractivity contribution in [2.45, 2.75) is 80.7 Å². The molecule has 59 heavy (non-hydrogen) atoms. The molecule has 2 aliphatic heterocycles. The number of H-pyrrole nitrogens is 1. The normalized spacial score (nSPS) is 20.3. The van der Waals surface area contributed by atoms with Gasteiger partial charge in [-0.25, -0.2) is 18.1 Å². The van der Waals surface area contributed by atoms with Gasteiger partial charge in [-0.2, -0.15) is 0 Å². The molecule has 1 saturated carbocycles. The summed E-state index contributed by atoms with van der Waals surface area (Å²) >= 11 is 0. The van der Waals surface area contributed by atoms with Crippen molar-refractivity contribution in [3.05, 3.63) is 124 Å². The third-order valence-corrected chi connectivity index (χ3v) is 13.7.